The summed E-state index contributed by atoms with van der Waals surface area (Å²) in [4.78, 5) is 0. The minimum absolute atomic E-state index is 0.457. The monoisotopic (exact) mass is 225 g/mol. The van der Waals surface area contributed by atoms with Crippen molar-refractivity contribution in [3.63, 3.8) is 0 Å². The van der Waals surface area contributed by atoms with Gasteiger partial charge in [0.1, 0.15) is 0 Å². The maximum absolute atomic E-state index is 6.08. The van der Waals surface area contributed by atoms with Crippen molar-refractivity contribution in [2.24, 2.45) is 0 Å². The molecular formula is C16H19N. The lowest BCUT2D eigenvalue weighted by Gasteiger charge is -2.17. The number of anilines is 1. The van der Waals surface area contributed by atoms with E-state index in [9.17, 15) is 0 Å². The Labute approximate surface area is 103 Å². The summed E-state index contributed by atoms with van der Waals surface area (Å²) < 4.78 is 0. The van der Waals surface area contributed by atoms with Crippen LogP contribution in [-0.2, 0) is 6.42 Å². The molecular weight excluding hydrogens is 206 g/mol. The molecule has 0 saturated carbocycles. The highest BCUT2D eigenvalue weighted by Gasteiger charge is 2.12. The first kappa shape index (κ1) is 11.7. The van der Waals surface area contributed by atoms with E-state index in [1.165, 1.54) is 16.7 Å². The smallest absolute Gasteiger partial charge is 0.0352 e. The first-order valence-electron chi connectivity index (χ1n) is 6.07. The summed E-state index contributed by atoms with van der Waals surface area (Å²) in [6.07, 6.45) is 1.04. The Hall–Kier alpha value is -1.76. The zero-order valence-electron chi connectivity index (χ0n) is 10.5. The zero-order chi connectivity index (χ0) is 12.3. The molecule has 0 amide bonds. The van der Waals surface area contributed by atoms with E-state index in [-0.39, 0.29) is 0 Å². The van der Waals surface area contributed by atoms with E-state index in [4.69, 9.17) is 5.73 Å². The third-order valence-corrected chi connectivity index (χ3v) is 3.24. The summed E-state index contributed by atoms with van der Waals surface area (Å²) >= 11 is 0. The van der Waals surface area contributed by atoms with Gasteiger partial charge in [0, 0.05) is 5.69 Å². The molecule has 0 aliphatic heterocycles. The molecule has 2 N–H and O–H groups in total. The Morgan fingerprint density at radius 3 is 2.35 bits per heavy atom. The van der Waals surface area contributed by atoms with Crippen LogP contribution < -0.4 is 5.73 Å². The van der Waals surface area contributed by atoms with Gasteiger partial charge in [-0.05, 0) is 42.0 Å². The largest absolute Gasteiger partial charge is 0.398 e. The van der Waals surface area contributed by atoms with Crippen LogP contribution in [0.1, 0.15) is 29.5 Å². The molecule has 0 aliphatic carbocycles. The molecule has 88 valence electrons. The van der Waals surface area contributed by atoms with E-state index in [0.29, 0.717) is 5.92 Å². The van der Waals surface area contributed by atoms with E-state index in [1.807, 2.05) is 12.1 Å². The number of hydrogen-bond acceptors (Lipinski definition) is 1. The van der Waals surface area contributed by atoms with Gasteiger partial charge in [0.05, 0.1) is 0 Å². The third-order valence-electron chi connectivity index (χ3n) is 3.24. The Morgan fingerprint density at radius 2 is 1.71 bits per heavy atom. The lowest BCUT2D eigenvalue weighted by atomic mass is 9.89. The molecule has 0 radical (unpaired) electrons. The van der Waals surface area contributed by atoms with Gasteiger partial charge in [-0.1, -0.05) is 49.4 Å². The van der Waals surface area contributed by atoms with Crippen LogP contribution in [0.5, 0.6) is 0 Å². The van der Waals surface area contributed by atoms with Gasteiger partial charge >= 0.3 is 0 Å². The lowest BCUT2D eigenvalue weighted by molar-refractivity contribution is 0.756. The van der Waals surface area contributed by atoms with Crippen molar-refractivity contribution in [3.05, 3.63) is 65.2 Å². The fourth-order valence-electron chi connectivity index (χ4n) is 2.45. The van der Waals surface area contributed by atoms with E-state index in [1.54, 1.807) is 0 Å². The van der Waals surface area contributed by atoms with Crippen molar-refractivity contribution >= 4 is 5.69 Å². The van der Waals surface area contributed by atoms with Gasteiger partial charge in [-0.25, -0.2) is 0 Å². The molecule has 0 bridgehead atoms. The molecule has 0 saturated heterocycles. The van der Waals surface area contributed by atoms with Crippen LogP contribution in [0.15, 0.2) is 48.5 Å². The molecule has 2 rings (SSSR count). The third kappa shape index (κ3) is 2.68. The van der Waals surface area contributed by atoms with Gasteiger partial charge in [0.25, 0.3) is 0 Å². The second kappa shape index (κ2) is 5.05. The predicted molar refractivity (Wildman–Crippen MR) is 74.2 cm³/mol. The van der Waals surface area contributed by atoms with Gasteiger partial charge < -0.3 is 5.73 Å². The van der Waals surface area contributed by atoms with Crippen molar-refractivity contribution in [2.75, 3.05) is 5.73 Å². The van der Waals surface area contributed by atoms with Crippen molar-refractivity contribution in [1.29, 1.82) is 0 Å². The summed E-state index contributed by atoms with van der Waals surface area (Å²) in [6.45, 7) is 4.37. The normalized spacial score (nSPS) is 12.4. The van der Waals surface area contributed by atoms with Crippen molar-refractivity contribution in [3.8, 4) is 0 Å². The molecule has 0 heterocycles. The number of nitrogens with two attached hydrogens (primary N) is 1. The average Bonchev–Trinajstić information content (AvgIpc) is 2.30. The molecule has 0 spiro atoms. The fraction of sp³-hybridized carbons (Fsp3) is 0.250. The van der Waals surface area contributed by atoms with Crippen LogP contribution in [0.2, 0.25) is 0 Å². The Bertz CT molecular complexity index is 468. The van der Waals surface area contributed by atoms with Gasteiger partial charge in [-0.3, -0.25) is 0 Å². The second-order valence-corrected chi connectivity index (χ2v) is 4.67. The molecule has 17 heavy (non-hydrogen) atoms. The molecule has 2 aromatic carbocycles. The van der Waals surface area contributed by atoms with Gasteiger partial charge in [0.15, 0.2) is 0 Å². The molecule has 0 fully saturated rings. The van der Waals surface area contributed by atoms with Gasteiger partial charge in [0.2, 0.25) is 0 Å². The summed E-state index contributed by atoms with van der Waals surface area (Å²) in [6, 6.07) is 16.7. The van der Waals surface area contributed by atoms with Crippen LogP contribution in [0.25, 0.3) is 0 Å². The standard InChI is InChI=1S/C16H19N/c1-12-7-6-10-15(17)16(12)13(2)11-14-8-4-3-5-9-14/h3-10,13H,11,17H2,1-2H3. The Morgan fingerprint density at radius 1 is 1.00 bits per heavy atom. The summed E-state index contributed by atoms with van der Waals surface area (Å²) in [5.74, 6) is 0.457. The Kier molecular flexibility index (Phi) is 3.48. The number of nitrogen functional groups attached to an aromatic ring is 1. The molecule has 1 atom stereocenters. The van der Waals surface area contributed by atoms with Crippen molar-refractivity contribution in [2.45, 2.75) is 26.2 Å². The molecule has 0 aliphatic rings. The predicted octanol–water partition coefficient (Wildman–Crippen LogP) is 3.92. The van der Waals surface area contributed by atoms with Gasteiger partial charge in [-0.2, -0.15) is 0 Å². The topological polar surface area (TPSA) is 26.0 Å². The maximum Gasteiger partial charge on any atom is 0.0352 e. The Balaban J connectivity index is 2.23. The summed E-state index contributed by atoms with van der Waals surface area (Å²) in [5, 5.41) is 0. The number of rotatable bonds is 3. The molecule has 0 aromatic heterocycles. The average molecular weight is 225 g/mol. The highest BCUT2D eigenvalue weighted by Crippen LogP contribution is 2.28. The summed E-state index contributed by atoms with van der Waals surface area (Å²) in [5.41, 5.74) is 10.9. The van der Waals surface area contributed by atoms with E-state index in [2.05, 4.69) is 50.2 Å². The van der Waals surface area contributed by atoms with Crippen molar-refractivity contribution in [1.82, 2.24) is 0 Å². The number of hydrogen-bond donors (Lipinski definition) is 1. The number of benzene rings is 2. The van der Waals surface area contributed by atoms with E-state index < -0.39 is 0 Å². The minimum atomic E-state index is 0.457. The van der Waals surface area contributed by atoms with E-state index >= 15 is 0 Å². The summed E-state index contributed by atoms with van der Waals surface area (Å²) in [7, 11) is 0. The van der Waals surface area contributed by atoms with E-state index in [0.717, 1.165) is 12.1 Å². The van der Waals surface area contributed by atoms with Crippen LogP contribution in [0, 0.1) is 6.92 Å². The minimum Gasteiger partial charge on any atom is -0.398 e. The van der Waals surface area contributed by atoms with Gasteiger partial charge in [-0.15, -0.1) is 0 Å². The lowest BCUT2D eigenvalue weighted by Crippen LogP contribution is -2.04. The highest BCUT2D eigenvalue weighted by molar-refractivity contribution is 5.52. The van der Waals surface area contributed by atoms with Crippen LogP contribution in [0.3, 0.4) is 0 Å². The highest BCUT2D eigenvalue weighted by atomic mass is 14.6. The van der Waals surface area contributed by atoms with Crippen LogP contribution >= 0.6 is 0 Å². The zero-order valence-corrected chi connectivity index (χ0v) is 10.5. The number of aryl methyl sites for hydroxylation is 1. The SMILES string of the molecule is Cc1cccc(N)c1C(C)Cc1ccccc1. The molecule has 2 aromatic rings. The molecule has 1 unspecified atom stereocenters. The quantitative estimate of drug-likeness (QED) is 0.787. The maximum atomic E-state index is 6.08. The van der Waals surface area contributed by atoms with Crippen LogP contribution in [-0.4, -0.2) is 0 Å². The van der Waals surface area contributed by atoms with Crippen molar-refractivity contribution < 1.29 is 0 Å². The molecule has 1 heteroatoms. The molecule has 1 nitrogen and oxygen atoms in total. The first-order valence-corrected chi connectivity index (χ1v) is 6.07. The fourth-order valence-corrected chi connectivity index (χ4v) is 2.45. The first-order chi connectivity index (χ1) is 8.18. The second-order valence-electron chi connectivity index (χ2n) is 4.67. The van der Waals surface area contributed by atoms with Crippen LogP contribution in [0.4, 0.5) is 5.69 Å².